The van der Waals surface area contributed by atoms with E-state index in [9.17, 15) is 5.11 Å². The number of nitrogens with zero attached hydrogens (tertiary/aromatic N) is 1. The van der Waals surface area contributed by atoms with Gasteiger partial charge in [0.1, 0.15) is 36.8 Å². The van der Waals surface area contributed by atoms with Crippen LogP contribution in [0.1, 0.15) is 51.3 Å². The summed E-state index contributed by atoms with van der Waals surface area (Å²) in [5.74, 6) is 0.519. The number of rotatable bonds is 25. The van der Waals surface area contributed by atoms with Crippen molar-refractivity contribution in [2.45, 2.75) is 75.8 Å². The Labute approximate surface area is 406 Å². The molecule has 5 atom stereocenters. The van der Waals surface area contributed by atoms with E-state index in [1.54, 1.807) is 18.1 Å². The minimum atomic E-state index is -1.20. The Morgan fingerprint density at radius 2 is 1.01 bits per heavy atom. The number of fused-ring (bicyclic) bond motifs is 3. The highest BCUT2D eigenvalue weighted by molar-refractivity contribution is 5.79. The van der Waals surface area contributed by atoms with Gasteiger partial charge < -0.3 is 33.5 Å². The Balaban J connectivity index is 1.20. The summed E-state index contributed by atoms with van der Waals surface area (Å²) in [6.45, 7) is 5.16. The highest BCUT2D eigenvalue weighted by Crippen LogP contribution is 2.44. The molecule has 7 aromatic carbocycles. The zero-order valence-electron chi connectivity index (χ0n) is 39.1. The van der Waals surface area contributed by atoms with Crippen LogP contribution in [-0.4, -0.2) is 66.9 Å². The Hall–Kier alpha value is -6.85. The number of amides is 1. The van der Waals surface area contributed by atoms with Gasteiger partial charge in [-0.3, -0.25) is 4.90 Å². The number of carbonyl (C=O) groups is 1. The van der Waals surface area contributed by atoms with Crippen molar-refractivity contribution < 1.29 is 38.3 Å². The van der Waals surface area contributed by atoms with Crippen LogP contribution in [0, 0.1) is 0 Å². The minimum absolute atomic E-state index is 0.0704. The monoisotopic (exact) mass is 923 g/mol. The molecule has 9 nitrogen and oxygen atoms in total. The van der Waals surface area contributed by atoms with Crippen LogP contribution < -0.4 is 4.74 Å². The van der Waals surface area contributed by atoms with Crippen molar-refractivity contribution in [2.24, 2.45) is 0 Å². The predicted molar refractivity (Wildman–Crippen MR) is 269 cm³/mol. The van der Waals surface area contributed by atoms with Crippen LogP contribution in [0.3, 0.4) is 0 Å². The van der Waals surface area contributed by atoms with E-state index in [2.05, 4.69) is 30.8 Å². The van der Waals surface area contributed by atoms with Gasteiger partial charge in [-0.2, -0.15) is 0 Å². The largest absolute Gasteiger partial charge is 0.497 e. The molecule has 69 heavy (non-hydrogen) atoms. The number of carbonyl (C=O) groups excluding carboxylic acids is 1. The number of ether oxygens (including phenoxy) is 6. The average molecular weight is 924 g/mol. The van der Waals surface area contributed by atoms with Crippen LogP contribution in [-0.2, 0) is 56.7 Å². The second kappa shape index (κ2) is 25.0. The summed E-state index contributed by atoms with van der Waals surface area (Å²) < 4.78 is 39.3. The van der Waals surface area contributed by atoms with Gasteiger partial charge in [0.05, 0.1) is 46.2 Å². The first kappa shape index (κ1) is 48.6. The zero-order chi connectivity index (χ0) is 47.6. The maximum absolute atomic E-state index is 15.3. The minimum Gasteiger partial charge on any atom is -0.497 e. The Morgan fingerprint density at radius 1 is 0.565 bits per heavy atom. The quantitative estimate of drug-likeness (QED) is 0.0567. The van der Waals surface area contributed by atoms with E-state index in [0.717, 1.165) is 50.1 Å². The van der Waals surface area contributed by atoms with Crippen LogP contribution in [0.15, 0.2) is 207 Å². The molecule has 1 amide bonds. The van der Waals surface area contributed by atoms with E-state index in [1.807, 2.05) is 170 Å². The molecular formula is C60H61NO8. The van der Waals surface area contributed by atoms with E-state index in [1.165, 1.54) is 0 Å². The Kier molecular flexibility index (Phi) is 17.6. The van der Waals surface area contributed by atoms with Crippen molar-refractivity contribution in [1.82, 2.24) is 4.90 Å². The van der Waals surface area contributed by atoms with Crippen molar-refractivity contribution in [3.63, 3.8) is 0 Å². The zero-order valence-corrected chi connectivity index (χ0v) is 39.1. The Morgan fingerprint density at radius 3 is 1.51 bits per heavy atom. The van der Waals surface area contributed by atoms with E-state index in [-0.39, 0.29) is 58.5 Å². The summed E-state index contributed by atoms with van der Waals surface area (Å²) >= 11 is 0. The normalized spacial score (nSPS) is 14.1. The number of methoxy groups -OCH3 is 1. The van der Waals surface area contributed by atoms with Crippen LogP contribution in [0.5, 0.6) is 5.75 Å². The number of hydrogen-bond acceptors (Lipinski definition) is 8. The average Bonchev–Trinajstić information content (AvgIpc) is 3.72. The molecule has 8 rings (SSSR count). The lowest BCUT2D eigenvalue weighted by Gasteiger charge is -2.42. The molecule has 0 spiro atoms. The third-order valence-corrected chi connectivity index (χ3v) is 12.6. The van der Waals surface area contributed by atoms with E-state index in [0.29, 0.717) is 5.75 Å². The molecule has 0 fully saturated rings. The highest BCUT2D eigenvalue weighted by Gasteiger charge is 2.44. The van der Waals surface area contributed by atoms with Gasteiger partial charge in [-0.1, -0.05) is 188 Å². The van der Waals surface area contributed by atoms with Crippen LogP contribution >= 0.6 is 0 Å². The number of benzene rings is 7. The maximum Gasteiger partial charge on any atom is 0.410 e. The van der Waals surface area contributed by atoms with Crippen LogP contribution in [0.25, 0.3) is 11.1 Å². The lowest BCUT2D eigenvalue weighted by atomic mass is 9.93. The molecule has 1 aliphatic rings. The molecule has 9 heteroatoms. The summed E-state index contributed by atoms with van der Waals surface area (Å²) in [5, 5.41) is 12.5. The summed E-state index contributed by atoms with van der Waals surface area (Å²) in [6.07, 6.45) is -2.62. The van der Waals surface area contributed by atoms with Gasteiger partial charge in [0.15, 0.2) is 0 Å². The van der Waals surface area contributed by atoms with Gasteiger partial charge in [0, 0.05) is 12.5 Å². The van der Waals surface area contributed by atoms with Gasteiger partial charge in [-0.15, -0.1) is 6.58 Å². The summed E-state index contributed by atoms with van der Waals surface area (Å²) in [5.41, 5.74) is 9.02. The van der Waals surface area contributed by atoms with Gasteiger partial charge in [0.25, 0.3) is 0 Å². The summed E-state index contributed by atoms with van der Waals surface area (Å²) in [4.78, 5) is 17.0. The molecule has 1 aliphatic carbocycles. The lowest BCUT2D eigenvalue weighted by Crippen LogP contribution is -2.58. The van der Waals surface area contributed by atoms with Crippen LogP contribution in [0.2, 0.25) is 0 Å². The second-order valence-electron chi connectivity index (χ2n) is 17.2. The van der Waals surface area contributed by atoms with Crippen LogP contribution in [0.4, 0.5) is 4.79 Å². The van der Waals surface area contributed by atoms with E-state index < -0.39 is 36.6 Å². The van der Waals surface area contributed by atoms with Gasteiger partial charge >= 0.3 is 6.09 Å². The fourth-order valence-electron chi connectivity index (χ4n) is 9.02. The maximum atomic E-state index is 15.3. The standard InChI is InChI=1S/C60H61NO8/c1-3-20-55(61(37-44-33-35-49(64-2)36-34-44)60(63)69-42-54-52-31-18-16-29-50(52)51-30-17-19-32-53(51)54)57(66-39-46-23-10-5-11-24-46)59(68-41-48-27-14-7-15-28-48)58(67-40-47-25-12-6-13-26-47)56(62)43-65-38-45-21-8-4-9-22-45/h3-19,21-36,54-59,62H,1,20,37-43H2,2H3/t55-,56-,57+,58-,59-/m1/s1. The molecule has 0 aliphatic heterocycles. The first-order chi connectivity index (χ1) is 34.0. The fraction of sp³-hybridized carbons (Fsp3) is 0.250. The summed E-state index contributed by atoms with van der Waals surface area (Å²) in [7, 11) is 1.62. The van der Waals surface area contributed by atoms with Gasteiger partial charge in [-0.05, 0) is 68.6 Å². The molecule has 0 saturated heterocycles. The molecule has 1 N–H and O–H groups in total. The van der Waals surface area contributed by atoms with E-state index >= 15 is 4.79 Å². The third kappa shape index (κ3) is 13.0. The molecule has 0 radical (unpaired) electrons. The molecule has 0 bridgehead atoms. The molecule has 0 unspecified atom stereocenters. The van der Waals surface area contributed by atoms with Gasteiger partial charge in [0.2, 0.25) is 0 Å². The molecule has 0 saturated carbocycles. The lowest BCUT2D eigenvalue weighted by molar-refractivity contribution is -0.198. The molecule has 0 aromatic heterocycles. The molecule has 354 valence electrons. The molecular weight excluding hydrogens is 863 g/mol. The molecule has 7 aromatic rings. The van der Waals surface area contributed by atoms with Gasteiger partial charge in [-0.25, -0.2) is 4.79 Å². The first-order valence-corrected chi connectivity index (χ1v) is 23.6. The molecule has 0 heterocycles. The van der Waals surface area contributed by atoms with Crippen molar-refractivity contribution >= 4 is 6.09 Å². The Bertz CT molecular complexity index is 2580. The highest BCUT2D eigenvalue weighted by atomic mass is 16.6. The SMILES string of the molecule is C=CC[C@H]([C@H](OCc1ccccc1)[C@@H](OCc1ccccc1)[C@H](OCc1ccccc1)[C@H](O)COCc1ccccc1)N(Cc1ccc(OC)cc1)C(=O)OCC1c2ccccc2-c2ccccc21. The van der Waals surface area contributed by atoms with Crippen molar-refractivity contribution in [3.8, 4) is 16.9 Å². The summed E-state index contributed by atoms with van der Waals surface area (Å²) in [6, 6.07) is 62.8. The number of aliphatic hydroxyl groups excluding tert-OH is 1. The second-order valence-corrected chi connectivity index (χ2v) is 17.2. The smallest absolute Gasteiger partial charge is 0.410 e. The van der Waals surface area contributed by atoms with E-state index in [4.69, 9.17) is 28.4 Å². The first-order valence-electron chi connectivity index (χ1n) is 23.6. The fourth-order valence-corrected chi connectivity index (χ4v) is 9.02. The van der Waals surface area contributed by atoms with Crippen molar-refractivity contribution in [3.05, 3.63) is 246 Å². The van der Waals surface area contributed by atoms with Crippen molar-refractivity contribution in [2.75, 3.05) is 20.3 Å². The number of hydrogen-bond donors (Lipinski definition) is 1. The van der Waals surface area contributed by atoms with Crippen molar-refractivity contribution in [1.29, 1.82) is 0 Å². The number of aliphatic hydroxyl groups is 1. The third-order valence-electron chi connectivity index (χ3n) is 12.6. The predicted octanol–water partition coefficient (Wildman–Crippen LogP) is 11.7. The topological polar surface area (TPSA) is 95.9 Å².